The van der Waals surface area contributed by atoms with Crippen LogP contribution in [0.25, 0.3) is 0 Å². The molecule has 0 saturated carbocycles. The van der Waals surface area contributed by atoms with E-state index >= 15 is 0 Å². The van der Waals surface area contributed by atoms with Crippen LogP contribution in [0.15, 0.2) is 28.0 Å². The van der Waals surface area contributed by atoms with E-state index in [2.05, 4.69) is 0 Å². The molecule has 0 aromatic heterocycles. The summed E-state index contributed by atoms with van der Waals surface area (Å²) < 4.78 is 66.6. The zero-order valence-electron chi connectivity index (χ0n) is 10.3. The van der Waals surface area contributed by atoms with Gasteiger partial charge in [-0.2, -0.15) is 4.31 Å². The van der Waals surface area contributed by atoms with Gasteiger partial charge in [0, 0.05) is 13.1 Å². The first-order valence-electron chi connectivity index (χ1n) is 5.63. The third-order valence-electron chi connectivity index (χ3n) is 2.82. The van der Waals surface area contributed by atoms with Crippen LogP contribution in [0.1, 0.15) is 0 Å². The fourth-order valence-corrected chi connectivity index (χ4v) is 3.77. The Morgan fingerprint density at radius 1 is 1.15 bits per heavy atom. The number of hydrogen-bond acceptors (Lipinski definition) is 5. The molecule has 0 unspecified atom stereocenters. The summed E-state index contributed by atoms with van der Waals surface area (Å²) in [6, 6.07) is 2.47. The summed E-state index contributed by atoms with van der Waals surface area (Å²) in [4.78, 5) is -1.05. The molecule has 1 aliphatic heterocycles. The Balaban J connectivity index is 2.42. The maximum Gasteiger partial charge on any atom is 0.246 e. The highest BCUT2D eigenvalue weighted by Crippen LogP contribution is 2.22. The largest absolute Gasteiger partial charge is 0.379 e. The lowest BCUT2D eigenvalue weighted by atomic mass is 10.3. The van der Waals surface area contributed by atoms with E-state index in [1.54, 1.807) is 0 Å². The minimum absolute atomic E-state index is 0.124. The Morgan fingerprint density at radius 3 is 2.25 bits per heavy atom. The van der Waals surface area contributed by atoms with Crippen molar-refractivity contribution in [2.24, 2.45) is 5.14 Å². The average molecular weight is 324 g/mol. The van der Waals surface area contributed by atoms with Gasteiger partial charge in [-0.15, -0.1) is 0 Å². The monoisotopic (exact) mass is 324 g/mol. The van der Waals surface area contributed by atoms with Crippen molar-refractivity contribution < 1.29 is 26.0 Å². The van der Waals surface area contributed by atoms with Gasteiger partial charge in [0.2, 0.25) is 20.0 Å². The van der Waals surface area contributed by atoms with E-state index in [1.165, 1.54) is 0 Å². The molecule has 0 atom stereocenters. The van der Waals surface area contributed by atoms with Crippen molar-refractivity contribution in [2.45, 2.75) is 9.79 Å². The van der Waals surface area contributed by atoms with Crippen LogP contribution in [0.3, 0.4) is 0 Å². The number of hydrogen-bond donors (Lipinski definition) is 1. The van der Waals surface area contributed by atoms with E-state index < -0.39 is 35.7 Å². The molecule has 2 N–H and O–H groups in total. The lowest BCUT2D eigenvalue weighted by Gasteiger charge is -2.26. The summed E-state index contributed by atoms with van der Waals surface area (Å²) in [6.45, 7) is 0.712. The molecular formula is C10H13FN2O5S2. The Labute approximate surface area is 116 Å². The smallest absolute Gasteiger partial charge is 0.246 e. The van der Waals surface area contributed by atoms with E-state index in [0.717, 1.165) is 16.4 Å². The lowest BCUT2D eigenvalue weighted by molar-refractivity contribution is 0.0729. The van der Waals surface area contributed by atoms with Crippen LogP contribution in [0, 0.1) is 5.82 Å². The zero-order chi connectivity index (χ0) is 15.0. The van der Waals surface area contributed by atoms with Gasteiger partial charge < -0.3 is 4.74 Å². The standard InChI is InChI=1S/C10H13FN2O5S2/c11-9-7-8(19(12,14)15)1-2-10(9)20(16,17)13-3-5-18-6-4-13/h1-2,7H,3-6H2,(H2,12,14,15). The molecule has 1 saturated heterocycles. The second-order valence-electron chi connectivity index (χ2n) is 4.15. The summed E-state index contributed by atoms with van der Waals surface area (Å²) in [5, 5.41) is 4.86. The number of nitrogens with two attached hydrogens (primary N) is 1. The molecule has 1 aliphatic rings. The molecule has 10 heteroatoms. The summed E-state index contributed by atoms with van der Waals surface area (Å²) in [5.41, 5.74) is 0. The summed E-state index contributed by atoms with van der Waals surface area (Å²) >= 11 is 0. The molecular weight excluding hydrogens is 311 g/mol. The molecule has 2 rings (SSSR count). The minimum Gasteiger partial charge on any atom is -0.379 e. The van der Waals surface area contributed by atoms with Gasteiger partial charge in [0.05, 0.1) is 18.1 Å². The molecule has 1 aromatic rings. The fraction of sp³-hybridized carbons (Fsp3) is 0.400. The first-order valence-corrected chi connectivity index (χ1v) is 8.62. The maximum atomic E-state index is 13.9. The van der Waals surface area contributed by atoms with E-state index in [-0.39, 0.29) is 26.3 Å². The molecule has 0 radical (unpaired) electrons. The van der Waals surface area contributed by atoms with Gasteiger partial charge >= 0.3 is 0 Å². The molecule has 0 bridgehead atoms. The van der Waals surface area contributed by atoms with Crippen molar-refractivity contribution >= 4 is 20.0 Å². The van der Waals surface area contributed by atoms with Crippen molar-refractivity contribution in [3.8, 4) is 0 Å². The first kappa shape index (κ1) is 15.3. The molecule has 20 heavy (non-hydrogen) atoms. The van der Waals surface area contributed by atoms with Crippen LogP contribution < -0.4 is 5.14 Å². The van der Waals surface area contributed by atoms with Gasteiger partial charge in [-0.3, -0.25) is 0 Å². The van der Waals surface area contributed by atoms with Gasteiger partial charge in [0.15, 0.2) is 0 Å². The van der Waals surface area contributed by atoms with Crippen LogP contribution in [0.4, 0.5) is 4.39 Å². The fourth-order valence-electron chi connectivity index (χ4n) is 1.79. The molecule has 1 aromatic carbocycles. The topological polar surface area (TPSA) is 107 Å². The molecule has 1 fully saturated rings. The van der Waals surface area contributed by atoms with E-state index in [0.29, 0.717) is 6.07 Å². The van der Waals surface area contributed by atoms with Crippen LogP contribution in [-0.4, -0.2) is 47.4 Å². The van der Waals surface area contributed by atoms with E-state index in [4.69, 9.17) is 9.88 Å². The van der Waals surface area contributed by atoms with Crippen LogP contribution in [0.5, 0.6) is 0 Å². The normalized spacial score (nSPS) is 18.1. The number of morpholine rings is 1. The van der Waals surface area contributed by atoms with Gasteiger partial charge in [-0.1, -0.05) is 0 Å². The summed E-state index contributed by atoms with van der Waals surface area (Å²) in [5.74, 6) is -1.15. The third kappa shape index (κ3) is 2.99. The van der Waals surface area contributed by atoms with E-state index in [9.17, 15) is 21.2 Å². The number of rotatable bonds is 3. The zero-order valence-corrected chi connectivity index (χ0v) is 12.0. The highest BCUT2D eigenvalue weighted by Gasteiger charge is 2.29. The molecule has 0 spiro atoms. The maximum absolute atomic E-state index is 13.9. The number of benzene rings is 1. The Morgan fingerprint density at radius 2 is 1.75 bits per heavy atom. The van der Waals surface area contributed by atoms with Gasteiger partial charge in [-0.05, 0) is 18.2 Å². The Kier molecular flexibility index (Phi) is 4.12. The highest BCUT2D eigenvalue weighted by atomic mass is 32.2. The number of primary sulfonamides is 1. The molecule has 1 heterocycles. The number of nitrogens with zero attached hydrogens (tertiary/aromatic N) is 1. The number of halogens is 1. The second-order valence-corrected chi connectivity index (χ2v) is 7.62. The van der Waals surface area contributed by atoms with Crippen LogP contribution >= 0.6 is 0 Å². The predicted molar refractivity (Wildman–Crippen MR) is 67.4 cm³/mol. The predicted octanol–water partition coefficient (Wildman–Crippen LogP) is -0.506. The lowest BCUT2D eigenvalue weighted by Crippen LogP contribution is -2.40. The van der Waals surface area contributed by atoms with Crippen molar-refractivity contribution in [1.82, 2.24) is 4.31 Å². The average Bonchev–Trinajstić information content (AvgIpc) is 2.38. The summed E-state index contributed by atoms with van der Waals surface area (Å²) in [6.07, 6.45) is 0. The Bertz CT molecular complexity index is 711. The van der Waals surface area contributed by atoms with Crippen molar-refractivity contribution in [3.63, 3.8) is 0 Å². The Hall–Kier alpha value is -1.07. The van der Waals surface area contributed by atoms with Gasteiger partial charge in [0.1, 0.15) is 10.7 Å². The minimum atomic E-state index is -4.08. The van der Waals surface area contributed by atoms with Crippen molar-refractivity contribution in [1.29, 1.82) is 0 Å². The molecule has 0 aliphatic carbocycles. The van der Waals surface area contributed by atoms with Crippen LogP contribution in [0.2, 0.25) is 0 Å². The molecule has 0 amide bonds. The number of sulfonamides is 2. The third-order valence-corrected chi connectivity index (χ3v) is 5.66. The SMILES string of the molecule is NS(=O)(=O)c1ccc(S(=O)(=O)N2CCOCC2)c(F)c1. The van der Waals surface area contributed by atoms with Crippen LogP contribution in [-0.2, 0) is 24.8 Å². The van der Waals surface area contributed by atoms with Gasteiger partial charge in [-0.25, -0.2) is 26.4 Å². The first-order chi connectivity index (χ1) is 9.23. The van der Waals surface area contributed by atoms with Crippen molar-refractivity contribution in [3.05, 3.63) is 24.0 Å². The molecule has 7 nitrogen and oxygen atoms in total. The molecule has 112 valence electrons. The van der Waals surface area contributed by atoms with Gasteiger partial charge in [0.25, 0.3) is 0 Å². The van der Waals surface area contributed by atoms with Crippen molar-refractivity contribution in [2.75, 3.05) is 26.3 Å². The van der Waals surface area contributed by atoms with E-state index in [1.807, 2.05) is 0 Å². The summed E-state index contributed by atoms with van der Waals surface area (Å²) in [7, 11) is -8.09. The number of ether oxygens (including phenoxy) is 1. The quantitative estimate of drug-likeness (QED) is 0.806. The highest BCUT2D eigenvalue weighted by molar-refractivity contribution is 7.89. The second kappa shape index (κ2) is 5.37.